The van der Waals surface area contributed by atoms with Gasteiger partial charge in [-0.15, -0.1) is 11.3 Å². The number of amides is 1. The van der Waals surface area contributed by atoms with Crippen LogP contribution in [0.5, 0.6) is 0 Å². The van der Waals surface area contributed by atoms with Crippen molar-refractivity contribution in [2.45, 2.75) is 43.4 Å². The molecule has 0 unspecified atom stereocenters. The Balaban J connectivity index is 2.00. The van der Waals surface area contributed by atoms with Crippen molar-refractivity contribution in [3.63, 3.8) is 0 Å². The number of thiazole rings is 1. The molecular formula is C18H22N2O3S2. The largest absolute Gasteiger partial charge is 0.449 e. The van der Waals surface area contributed by atoms with Gasteiger partial charge in [0.15, 0.2) is 6.10 Å². The number of hydrogen-bond donors (Lipinski definition) is 1. The second kappa shape index (κ2) is 9.58. The van der Waals surface area contributed by atoms with Crippen LogP contribution in [0, 0.1) is 6.92 Å². The predicted molar refractivity (Wildman–Crippen MR) is 101 cm³/mol. The fourth-order valence-electron chi connectivity index (χ4n) is 2.05. The number of aromatic nitrogens is 1. The normalized spacial score (nSPS) is 11.8. The van der Waals surface area contributed by atoms with E-state index in [0.717, 1.165) is 22.0 Å². The molecule has 1 atom stereocenters. The molecule has 0 aliphatic carbocycles. The summed E-state index contributed by atoms with van der Waals surface area (Å²) in [5.41, 5.74) is 2.34. The molecule has 0 aliphatic heterocycles. The lowest BCUT2D eigenvalue weighted by Crippen LogP contribution is -2.36. The molecule has 0 spiro atoms. The molecule has 5 nitrogen and oxygen atoms in total. The van der Waals surface area contributed by atoms with Crippen molar-refractivity contribution in [2.24, 2.45) is 0 Å². The molecule has 2 rings (SSSR count). The molecule has 0 saturated carbocycles. The molecule has 1 N–H and O–H groups in total. The zero-order valence-electron chi connectivity index (χ0n) is 14.6. The van der Waals surface area contributed by atoms with E-state index in [1.807, 2.05) is 31.4 Å². The molecule has 134 valence electrons. The van der Waals surface area contributed by atoms with Gasteiger partial charge in [-0.25, -0.2) is 9.78 Å². The van der Waals surface area contributed by atoms with E-state index in [4.69, 9.17) is 4.74 Å². The maximum Gasteiger partial charge on any atom is 0.339 e. The Hall–Kier alpha value is -1.86. The quantitative estimate of drug-likeness (QED) is 0.559. The molecule has 0 radical (unpaired) electrons. The molecule has 2 aromatic rings. The Morgan fingerprint density at radius 2 is 2.12 bits per heavy atom. The third kappa shape index (κ3) is 5.86. The summed E-state index contributed by atoms with van der Waals surface area (Å²) in [7, 11) is 0. The smallest absolute Gasteiger partial charge is 0.339 e. The number of nitrogens with zero attached hydrogens (tertiary/aromatic N) is 1. The zero-order valence-corrected chi connectivity index (χ0v) is 16.2. The van der Waals surface area contributed by atoms with Crippen LogP contribution < -0.4 is 5.32 Å². The van der Waals surface area contributed by atoms with E-state index in [-0.39, 0.29) is 5.91 Å². The number of benzene rings is 1. The summed E-state index contributed by atoms with van der Waals surface area (Å²) >= 11 is 3.17. The molecule has 1 aromatic carbocycles. The van der Waals surface area contributed by atoms with Crippen molar-refractivity contribution in [3.8, 4) is 0 Å². The molecule has 0 fully saturated rings. The van der Waals surface area contributed by atoms with Crippen LogP contribution in [0.25, 0.3) is 0 Å². The maximum absolute atomic E-state index is 12.4. The van der Waals surface area contributed by atoms with Crippen molar-refractivity contribution in [3.05, 3.63) is 46.5 Å². The van der Waals surface area contributed by atoms with Gasteiger partial charge in [0, 0.05) is 23.4 Å². The highest BCUT2D eigenvalue weighted by Gasteiger charge is 2.20. The summed E-state index contributed by atoms with van der Waals surface area (Å²) in [5.74, 6) is -0.139. The Labute approximate surface area is 156 Å². The third-order valence-electron chi connectivity index (χ3n) is 3.39. The zero-order chi connectivity index (χ0) is 18.2. The van der Waals surface area contributed by atoms with Crippen LogP contribution in [0.3, 0.4) is 0 Å². The van der Waals surface area contributed by atoms with Gasteiger partial charge in [0.05, 0.1) is 5.56 Å². The average molecular weight is 379 g/mol. The highest BCUT2D eigenvalue weighted by atomic mass is 32.2. The topological polar surface area (TPSA) is 68.3 Å². The van der Waals surface area contributed by atoms with Gasteiger partial charge >= 0.3 is 5.97 Å². The van der Waals surface area contributed by atoms with Gasteiger partial charge in [0.2, 0.25) is 0 Å². The fourth-order valence-corrected chi connectivity index (χ4v) is 3.91. The first-order valence-electron chi connectivity index (χ1n) is 8.12. The minimum absolute atomic E-state index is 0.277. The monoisotopic (exact) mass is 378 g/mol. The Morgan fingerprint density at radius 1 is 1.36 bits per heavy atom. The first kappa shape index (κ1) is 19.5. The minimum Gasteiger partial charge on any atom is -0.449 e. The van der Waals surface area contributed by atoms with Crippen LogP contribution in [-0.2, 0) is 15.3 Å². The second-order valence-electron chi connectivity index (χ2n) is 5.54. The van der Waals surface area contributed by atoms with E-state index in [0.29, 0.717) is 17.9 Å². The van der Waals surface area contributed by atoms with Gasteiger partial charge in [0.25, 0.3) is 5.91 Å². The minimum atomic E-state index is -0.818. The lowest BCUT2D eigenvalue weighted by atomic mass is 10.1. The first-order chi connectivity index (χ1) is 12.0. The Bertz CT molecular complexity index is 731. The van der Waals surface area contributed by atoms with Crippen molar-refractivity contribution in [1.29, 1.82) is 0 Å². The molecule has 1 heterocycles. The van der Waals surface area contributed by atoms with Crippen LogP contribution in [0.2, 0.25) is 0 Å². The van der Waals surface area contributed by atoms with E-state index in [2.05, 4.69) is 10.3 Å². The molecule has 1 amide bonds. The molecule has 7 heteroatoms. The lowest BCUT2D eigenvalue weighted by molar-refractivity contribution is -0.129. The van der Waals surface area contributed by atoms with Crippen LogP contribution in [0.15, 0.2) is 34.0 Å². The highest BCUT2D eigenvalue weighted by molar-refractivity contribution is 8.00. The average Bonchev–Trinajstić information content (AvgIpc) is 3.03. The Kier molecular flexibility index (Phi) is 7.46. The number of esters is 1. The number of aryl methyl sites for hydroxylation is 1. The number of carbonyl (C=O) groups is 2. The van der Waals surface area contributed by atoms with Gasteiger partial charge < -0.3 is 10.1 Å². The highest BCUT2D eigenvalue weighted by Crippen LogP contribution is 2.27. The van der Waals surface area contributed by atoms with Gasteiger partial charge in [0.1, 0.15) is 4.34 Å². The number of ether oxygens (including phenoxy) is 1. The van der Waals surface area contributed by atoms with Gasteiger partial charge in [-0.05, 0) is 31.9 Å². The number of nitrogens with one attached hydrogen (secondary N) is 1. The van der Waals surface area contributed by atoms with Gasteiger partial charge in [-0.2, -0.15) is 0 Å². The predicted octanol–water partition coefficient (Wildman–Crippen LogP) is 3.82. The van der Waals surface area contributed by atoms with E-state index in [1.165, 1.54) is 0 Å². The molecule has 25 heavy (non-hydrogen) atoms. The first-order valence-corrected chi connectivity index (χ1v) is 9.99. The third-order valence-corrected chi connectivity index (χ3v) is 5.58. The van der Waals surface area contributed by atoms with Crippen molar-refractivity contribution in [2.75, 3.05) is 6.54 Å². The summed E-state index contributed by atoms with van der Waals surface area (Å²) in [4.78, 5) is 28.7. The summed E-state index contributed by atoms with van der Waals surface area (Å²) in [5, 5.41) is 4.72. The van der Waals surface area contributed by atoms with Crippen LogP contribution >= 0.6 is 23.1 Å². The van der Waals surface area contributed by atoms with Gasteiger partial charge in [-0.1, -0.05) is 36.9 Å². The van der Waals surface area contributed by atoms with Crippen LogP contribution in [0.4, 0.5) is 0 Å². The molecule has 0 saturated heterocycles. The SMILES string of the molecule is CCCNC(=O)[C@@H](C)OC(=O)c1ccccc1CSc1nc(C)cs1. The second-order valence-corrected chi connectivity index (χ2v) is 7.62. The Morgan fingerprint density at radius 3 is 2.80 bits per heavy atom. The van der Waals surface area contributed by atoms with Crippen molar-refractivity contribution < 1.29 is 14.3 Å². The van der Waals surface area contributed by atoms with E-state index < -0.39 is 12.1 Å². The lowest BCUT2D eigenvalue weighted by Gasteiger charge is -2.14. The standard InChI is InChI=1S/C18H22N2O3S2/c1-4-9-19-16(21)13(3)23-17(22)15-8-6-5-7-14(15)11-25-18-20-12(2)10-24-18/h5-8,10,13H,4,9,11H2,1-3H3,(H,19,21)/t13-/m1/s1. The van der Waals surface area contributed by atoms with E-state index in [9.17, 15) is 9.59 Å². The molecule has 1 aromatic heterocycles. The van der Waals surface area contributed by atoms with Gasteiger partial charge in [-0.3, -0.25) is 4.79 Å². The number of rotatable bonds is 8. The van der Waals surface area contributed by atoms with E-state index in [1.54, 1.807) is 42.2 Å². The summed E-state index contributed by atoms with van der Waals surface area (Å²) < 4.78 is 6.28. The summed E-state index contributed by atoms with van der Waals surface area (Å²) in [6.45, 7) is 6.07. The van der Waals surface area contributed by atoms with E-state index >= 15 is 0 Å². The summed E-state index contributed by atoms with van der Waals surface area (Å²) in [6, 6.07) is 7.30. The number of carbonyl (C=O) groups excluding carboxylic acids is 2. The van der Waals surface area contributed by atoms with Crippen molar-refractivity contribution in [1.82, 2.24) is 10.3 Å². The van der Waals surface area contributed by atoms with Crippen molar-refractivity contribution >= 4 is 35.0 Å². The fraction of sp³-hybridized carbons (Fsp3) is 0.389. The maximum atomic E-state index is 12.4. The molecular weight excluding hydrogens is 356 g/mol. The van der Waals surface area contributed by atoms with Crippen LogP contribution in [0.1, 0.15) is 41.9 Å². The van der Waals surface area contributed by atoms with Crippen LogP contribution in [-0.4, -0.2) is 29.5 Å². The molecule has 0 aliphatic rings. The molecule has 0 bridgehead atoms. The number of thioether (sulfide) groups is 1. The number of hydrogen-bond acceptors (Lipinski definition) is 6. The summed E-state index contributed by atoms with van der Waals surface area (Å²) in [6.07, 6.45) is 0.0178.